The molecule has 44 heavy (non-hydrogen) atoms. The third kappa shape index (κ3) is 6.15. The number of hydrogen-bond donors (Lipinski definition) is 2. The van der Waals surface area contributed by atoms with Gasteiger partial charge in [-0.3, -0.25) is 0 Å². The highest BCUT2D eigenvalue weighted by Gasteiger charge is 2.47. The molecule has 2 fully saturated rings. The number of ether oxygens (including phenoxy) is 2. The molecular weight excluding hydrogens is 605 g/mol. The van der Waals surface area contributed by atoms with Gasteiger partial charge in [0, 0.05) is 51.2 Å². The molecule has 1 aromatic carbocycles. The molecule has 5 rings (SSSR count). The smallest absolute Gasteiger partial charge is 0.194 e. The van der Waals surface area contributed by atoms with Crippen molar-refractivity contribution < 1.29 is 41.6 Å². The molecule has 6 atom stereocenters. The van der Waals surface area contributed by atoms with E-state index in [0.717, 1.165) is 25.0 Å². The van der Waals surface area contributed by atoms with E-state index < -0.39 is 64.4 Å². The third-order valence-electron chi connectivity index (χ3n) is 8.42. The Hall–Kier alpha value is -2.89. The second-order valence-corrected chi connectivity index (χ2v) is 14.2. The summed E-state index contributed by atoms with van der Waals surface area (Å²) in [5, 5.41) is 33.2. The molecule has 0 saturated carbocycles. The van der Waals surface area contributed by atoms with Crippen LogP contribution in [0.15, 0.2) is 33.3 Å². The van der Waals surface area contributed by atoms with Crippen molar-refractivity contribution in [3.05, 3.63) is 53.3 Å². The normalized spacial score (nSPS) is 26.6. The van der Waals surface area contributed by atoms with E-state index in [4.69, 9.17) is 14.0 Å². The molecule has 2 aromatic heterocycles. The number of aliphatic hydroxyl groups excluding tert-OH is 2. The summed E-state index contributed by atoms with van der Waals surface area (Å²) < 4.78 is 79.3. The van der Waals surface area contributed by atoms with Crippen molar-refractivity contribution in [2.75, 3.05) is 33.9 Å². The summed E-state index contributed by atoms with van der Waals surface area (Å²) in [7, 11) is 0.575. The van der Waals surface area contributed by atoms with Gasteiger partial charge in [-0.05, 0) is 38.8 Å². The van der Waals surface area contributed by atoms with Gasteiger partial charge in [0.2, 0.25) is 0 Å². The molecule has 2 aliphatic heterocycles. The van der Waals surface area contributed by atoms with E-state index in [-0.39, 0.29) is 28.8 Å². The zero-order chi connectivity index (χ0) is 31.8. The summed E-state index contributed by atoms with van der Waals surface area (Å²) in [6.45, 7) is 4.53. The highest BCUT2D eigenvalue weighted by molar-refractivity contribution is 7.91. The van der Waals surface area contributed by atoms with Gasteiger partial charge in [0.05, 0.1) is 29.9 Å². The number of benzene rings is 1. The second kappa shape index (κ2) is 13.2. The lowest BCUT2D eigenvalue weighted by atomic mass is 9.90. The Morgan fingerprint density at radius 2 is 1.84 bits per heavy atom. The monoisotopic (exact) mass is 642 g/mol. The highest BCUT2D eigenvalue weighted by Crippen LogP contribution is 2.36. The Bertz CT molecular complexity index is 1550. The van der Waals surface area contributed by atoms with Crippen LogP contribution in [0, 0.1) is 17.5 Å². The van der Waals surface area contributed by atoms with Gasteiger partial charge < -0.3 is 24.2 Å². The van der Waals surface area contributed by atoms with Crippen molar-refractivity contribution in [3.63, 3.8) is 0 Å². The van der Waals surface area contributed by atoms with Gasteiger partial charge in [-0.2, -0.15) is 0 Å². The lowest BCUT2D eigenvalue weighted by molar-refractivity contribution is -0.212. The average molecular weight is 643 g/mol. The molecule has 242 valence electrons. The number of rotatable bonds is 9. The van der Waals surface area contributed by atoms with E-state index in [1.54, 1.807) is 7.05 Å². The van der Waals surface area contributed by atoms with Crippen LogP contribution in [0.4, 0.5) is 13.2 Å². The van der Waals surface area contributed by atoms with Gasteiger partial charge in [0.25, 0.3) is 0 Å². The molecule has 4 heterocycles. The number of methoxy groups -OCH3 is 1. The molecule has 0 aliphatic carbocycles. The summed E-state index contributed by atoms with van der Waals surface area (Å²) in [5.41, 5.74) is 0.569. The van der Waals surface area contributed by atoms with Crippen molar-refractivity contribution in [3.8, 4) is 11.3 Å². The maximum atomic E-state index is 13.8. The quantitative estimate of drug-likeness (QED) is 0.336. The number of aliphatic hydroxyl groups is 2. The van der Waals surface area contributed by atoms with Crippen LogP contribution in [-0.2, 0) is 25.8 Å². The third-order valence-corrected chi connectivity index (χ3v) is 11.3. The maximum Gasteiger partial charge on any atom is 0.194 e. The van der Waals surface area contributed by atoms with Gasteiger partial charge in [0.1, 0.15) is 45.7 Å². The summed E-state index contributed by atoms with van der Waals surface area (Å²) in [6.07, 6.45) is -0.793. The molecule has 0 bridgehead atoms. The molecule has 12 nitrogen and oxygen atoms in total. The predicted octanol–water partition coefficient (Wildman–Crippen LogP) is 2.87. The first-order valence-electron chi connectivity index (χ1n) is 14.4. The molecule has 0 radical (unpaired) electrons. The van der Waals surface area contributed by atoms with Crippen molar-refractivity contribution in [1.29, 1.82) is 0 Å². The number of hydrogen-bond acceptors (Lipinski definition) is 10. The lowest BCUT2D eigenvalue weighted by Crippen LogP contribution is -2.57. The Labute approximate surface area is 253 Å². The van der Waals surface area contributed by atoms with Gasteiger partial charge >= 0.3 is 0 Å². The molecule has 2 aliphatic rings. The van der Waals surface area contributed by atoms with Crippen molar-refractivity contribution in [1.82, 2.24) is 24.5 Å². The fourth-order valence-electron chi connectivity index (χ4n) is 6.04. The van der Waals surface area contributed by atoms with Crippen LogP contribution in [0.1, 0.15) is 50.1 Å². The van der Waals surface area contributed by atoms with E-state index >= 15 is 0 Å². The van der Waals surface area contributed by atoms with Crippen LogP contribution >= 0.6 is 0 Å². The first-order chi connectivity index (χ1) is 21.0. The molecular formula is C28H37F3N6O6S. The molecule has 0 unspecified atom stereocenters. The molecule has 2 N–H and O–H groups in total. The summed E-state index contributed by atoms with van der Waals surface area (Å²) in [4.78, 5) is 0. The first kappa shape index (κ1) is 32.5. The topological polar surface area (TPSA) is 148 Å². The molecule has 16 heteroatoms. The Morgan fingerprint density at radius 3 is 2.43 bits per heavy atom. The minimum Gasteiger partial charge on any atom is -0.394 e. The van der Waals surface area contributed by atoms with E-state index in [9.17, 15) is 27.6 Å². The SMILES string of the molecule is CN=[S@](=O)(C(C)C)N1CCC(c2cc(C[C@H]3O[C@H](CO)[C@H](O)[C@H](n4cc(-c5cc(F)c(F)c(F)c5)nn4)[C@H]3OC)no2)CC1. The highest BCUT2D eigenvalue weighted by atomic mass is 32.2. The summed E-state index contributed by atoms with van der Waals surface area (Å²) in [6, 6.07) is 2.53. The average Bonchev–Trinajstić information content (AvgIpc) is 3.70. The predicted molar refractivity (Wildman–Crippen MR) is 152 cm³/mol. The van der Waals surface area contributed by atoms with Crippen LogP contribution in [0.2, 0.25) is 0 Å². The maximum absolute atomic E-state index is 13.8. The van der Waals surface area contributed by atoms with Gasteiger partial charge in [-0.25, -0.2) is 30.7 Å². The largest absolute Gasteiger partial charge is 0.394 e. The van der Waals surface area contributed by atoms with Crippen LogP contribution in [0.3, 0.4) is 0 Å². The molecule has 3 aromatic rings. The second-order valence-electron chi connectivity index (χ2n) is 11.3. The zero-order valence-electron chi connectivity index (χ0n) is 24.8. The van der Waals surface area contributed by atoms with Crippen LogP contribution < -0.4 is 0 Å². The van der Waals surface area contributed by atoms with E-state index in [2.05, 4.69) is 19.8 Å². The Balaban J connectivity index is 1.32. The number of nitrogens with zero attached hydrogens (tertiary/aromatic N) is 6. The fraction of sp³-hybridized carbons (Fsp3) is 0.607. The van der Waals surface area contributed by atoms with Crippen LogP contribution in [0.25, 0.3) is 11.3 Å². The first-order valence-corrected chi connectivity index (χ1v) is 15.9. The van der Waals surface area contributed by atoms with Crippen molar-refractivity contribution in [2.45, 2.75) is 74.7 Å². The van der Waals surface area contributed by atoms with Crippen LogP contribution in [0.5, 0.6) is 0 Å². The zero-order valence-corrected chi connectivity index (χ0v) is 25.7. The number of halogens is 3. The lowest BCUT2D eigenvalue weighted by Gasteiger charge is -2.43. The minimum atomic E-state index is -2.45. The minimum absolute atomic E-state index is 0.0393. The Kier molecular flexibility index (Phi) is 9.77. The molecule has 0 amide bonds. The fourth-order valence-corrected chi connectivity index (χ4v) is 8.02. The van der Waals surface area contributed by atoms with Crippen LogP contribution in [-0.4, -0.2) is 102 Å². The summed E-state index contributed by atoms with van der Waals surface area (Å²) in [5.74, 6) is -3.57. The van der Waals surface area contributed by atoms with Gasteiger partial charge in [-0.15, -0.1) is 5.10 Å². The Morgan fingerprint density at radius 1 is 1.16 bits per heavy atom. The van der Waals surface area contributed by atoms with Crippen molar-refractivity contribution >= 4 is 9.92 Å². The van der Waals surface area contributed by atoms with E-state index in [0.29, 0.717) is 24.5 Å². The number of aromatic nitrogens is 4. The van der Waals surface area contributed by atoms with E-state index in [1.807, 2.05) is 24.2 Å². The molecule has 2 saturated heterocycles. The van der Waals surface area contributed by atoms with Crippen molar-refractivity contribution in [2.24, 2.45) is 4.36 Å². The van der Waals surface area contributed by atoms with Gasteiger partial charge in [-0.1, -0.05) is 10.4 Å². The van der Waals surface area contributed by atoms with Gasteiger partial charge in [0.15, 0.2) is 17.5 Å². The number of piperidine rings is 1. The summed E-state index contributed by atoms with van der Waals surface area (Å²) >= 11 is 0. The van der Waals surface area contributed by atoms with E-state index in [1.165, 1.54) is 18.0 Å². The molecule has 0 spiro atoms. The standard InChI is InChI=1S/C28H37F3N6O6S/c1-15(2)44(40,32-3)36-7-5-16(6-8-36)22-11-18(34-43-22)12-23-28(41-4)26(27(39)24(14-38)42-23)37-13-21(33-35-37)17-9-19(29)25(31)20(30)10-17/h9-11,13,15-16,23-24,26-28,38-39H,5-8,12,14H2,1-4H3/t23-,24-,26+,27+,28+,44-/m1/s1.